The maximum atomic E-state index is 12.6. The minimum atomic E-state index is -0.0122. The molecule has 0 radical (unpaired) electrons. The Morgan fingerprint density at radius 2 is 1.95 bits per heavy atom. The van der Waals surface area contributed by atoms with E-state index in [1.54, 1.807) is 6.07 Å². The summed E-state index contributed by atoms with van der Waals surface area (Å²) in [6.07, 6.45) is 6.41. The van der Waals surface area contributed by atoms with Crippen LogP contribution in [-0.2, 0) is 0 Å². The number of hydrogen-bond donors (Lipinski definition) is 3. The van der Waals surface area contributed by atoms with E-state index in [2.05, 4.69) is 10.6 Å². The number of anilines is 1. The van der Waals surface area contributed by atoms with Crippen molar-refractivity contribution in [3.05, 3.63) is 65.9 Å². The molecule has 3 heterocycles. The number of fused-ring (bicyclic) bond motifs is 1. The first kappa shape index (κ1) is 25.1. The third kappa shape index (κ3) is 5.49. The van der Waals surface area contributed by atoms with Gasteiger partial charge in [0, 0.05) is 23.7 Å². The van der Waals surface area contributed by atoms with Gasteiger partial charge in [-0.1, -0.05) is 30.0 Å². The maximum absolute atomic E-state index is 12.6. The summed E-state index contributed by atoms with van der Waals surface area (Å²) in [4.78, 5) is 18.1. The van der Waals surface area contributed by atoms with Crippen LogP contribution in [0.2, 0.25) is 0 Å². The second-order valence-corrected chi connectivity index (χ2v) is 12.3. The Morgan fingerprint density at radius 1 is 1.13 bits per heavy atom. The standard InChI is InChI=1S/C29H31N5O2S2/c1-18-14-20(6-9-22(18)29(36)32-21-7-8-21)24-17-31-28-23(30-16-19-10-12-37-13-11-19)15-27(33-34(24)28)38-26-5-3-2-4-25(26)35/h2-6,9,14-15,17,19,21,30,35H,7-8,10-13,16H2,1H3,(H,32,36). The molecule has 2 aromatic carbocycles. The quantitative estimate of drug-likeness (QED) is 0.250. The van der Waals surface area contributed by atoms with Gasteiger partial charge in [-0.3, -0.25) is 4.79 Å². The van der Waals surface area contributed by atoms with E-state index in [1.807, 2.05) is 71.9 Å². The highest BCUT2D eigenvalue weighted by Crippen LogP contribution is 2.36. The molecule has 0 spiro atoms. The average molecular weight is 546 g/mol. The number of carbonyl (C=O) groups excluding carboxylic acids is 1. The third-order valence-electron chi connectivity index (χ3n) is 7.13. The normalized spacial score (nSPS) is 16.0. The van der Waals surface area contributed by atoms with Gasteiger partial charge in [0.05, 0.1) is 22.5 Å². The van der Waals surface area contributed by atoms with Crippen molar-refractivity contribution < 1.29 is 9.90 Å². The molecular weight excluding hydrogens is 514 g/mol. The molecule has 1 aliphatic heterocycles. The second kappa shape index (κ2) is 10.9. The van der Waals surface area contributed by atoms with Gasteiger partial charge in [-0.2, -0.15) is 16.9 Å². The molecule has 3 N–H and O–H groups in total. The average Bonchev–Trinajstić information content (AvgIpc) is 3.64. The second-order valence-electron chi connectivity index (χ2n) is 10.1. The van der Waals surface area contributed by atoms with Crippen LogP contribution in [0.3, 0.4) is 0 Å². The molecule has 1 aliphatic carbocycles. The van der Waals surface area contributed by atoms with Gasteiger partial charge in [-0.05, 0) is 85.9 Å². The van der Waals surface area contributed by atoms with Gasteiger partial charge in [0.1, 0.15) is 10.8 Å². The summed E-state index contributed by atoms with van der Waals surface area (Å²) in [5.41, 5.74) is 5.12. The molecule has 38 heavy (non-hydrogen) atoms. The van der Waals surface area contributed by atoms with Crippen molar-refractivity contribution in [1.29, 1.82) is 0 Å². The van der Waals surface area contributed by atoms with E-state index in [-0.39, 0.29) is 11.7 Å². The largest absolute Gasteiger partial charge is 0.507 e. The molecule has 7 nitrogen and oxygen atoms in total. The number of nitrogens with one attached hydrogen (secondary N) is 2. The topological polar surface area (TPSA) is 91.6 Å². The number of hydrogen-bond acceptors (Lipinski definition) is 7. The molecular formula is C29H31N5O2S2. The number of aromatic hydroxyl groups is 1. The lowest BCUT2D eigenvalue weighted by atomic mass is 10.0. The number of aryl methyl sites for hydroxylation is 1. The number of phenols is 1. The maximum Gasteiger partial charge on any atom is 0.251 e. The van der Waals surface area contributed by atoms with Gasteiger partial charge in [0.2, 0.25) is 0 Å². The summed E-state index contributed by atoms with van der Waals surface area (Å²) >= 11 is 3.46. The lowest BCUT2D eigenvalue weighted by molar-refractivity contribution is 0.0950. The van der Waals surface area contributed by atoms with E-state index in [9.17, 15) is 9.90 Å². The fraction of sp³-hybridized carbons (Fsp3) is 0.345. The van der Waals surface area contributed by atoms with Crippen molar-refractivity contribution in [2.45, 2.75) is 48.6 Å². The predicted octanol–water partition coefficient (Wildman–Crippen LogP) is 6.01. The number of phenolic OH excluding ortho intramolecular Hbond substituents is 1. The highest BCUT2D eigenvalue weighted by Gasteiger charge is 2.25. The summed E-state index contributed by atoms with van der Waals surface area (Å²) < 4.78 is 1.88. The van der Waals surface area contributed by atoms with E-state index in [0.29, 0.717) is 17.5 Å². The first-order valence-electron chi connectivity index (χ1n) is 13.1. The highest BCUT2D eigenvalue weighted by molar-refractivity contribution is 7.99. The Bertz CT molecular complexity index is 1480. The Kier molecular flexibility index (Phi) is 7.21. The first-order chi connectivity index (χ1) is 18.5. The number of imidazole rings is 1. The Labute approximate surface area is 230 Å². The minimum Gasteiger partial charge on any atom is -0.507 e. The monoisotopic (exact) mass is 545 g/mol. The summed E-state index contributed by atoms with van der Waals surface area (Å²) in [6, 6.07) is 15.5. The summed E-state index contributed by atoms with van der Waals surface area (Å²) in [6.45, 7) is 2.86. The predicted molar refractivity (Wildman–Crippen MR) is 154 cm³/mol. The van der Waals surface area contributed by atoms with Gasteiger partial charge in [-0.25, -0.2) is 9.50 Å². The van der Waals surface area contributed by atoms with Gasteiger partial charge in [-0.15, -0.1) is 0 Å². The van der Waals surface area contributed by atoms with Crippen molar-refractivity contribution in [3.63, 3.8) is 0 Å². The molecule has 0 unspecified atom stereocenters. The number of thioether (sulfide) groups is 1. The summed E-state index contributed by atoms with van der Waals surface area (Å²) in [5, 5.41) is 22.8. The number of carbonyl (C=O) groups is 1. The van der Waals surface area contributed by atoms with Crippen LogP contribution in [0, 0.1) is 12.8 Å². The first-order valence-corrected chi connectivity index (χ1v) is 15.1. The van der Waals surface area contributed by atoms with Crippen LogP contribution in [0.1, 0.15) is 41.6 Å². The van der Waals surface area contributed by atoms with Crippen LogP contribution in [0.15, 0.2) is 64.6 Å². The molecule has 4 aromatic rings. The molecule has 2 fully saturated rings. The van der Waals surface area contributed by atoms with Gasteiger partial charge in [0.15, 0.2) is 5.65 Å². The summed E-state index contributed by atoms with van der Waals surface area (Å²) in [7, 11) is 0. The zero-order chi connectivity index (χ0) is 26.1. The molecule has 1 amide bonds. The van der Waals surface area contributed by atoms with Crippen LogP contribution >= 0.6 is 23.5 Å². The Morgan fingerprint density at radius 3 is 2.71 bits per heavy atom. The van der Waals surface area contributed by atoms with Crippen LogP contribution < -0.4 is 10.6 Å². The van der Waals surface area contributed by atoms with Crippen LogP contribution in [0.5, 0.6) is 5.75 Å². The number of rotatable bonds is 8. The van der Waals surface area contributed by atoms with Crippen molar-refractivity contribution in [3.8, 4) is 17.0 Å². The van der Waals surface area contributed by atoms with Crippen LogP contribution in [-0.4, -0.2) is 49.7 Å². The number of aromatic nitrogens is 3. The molecule has 1 saturated heterocycles. The lowest BCUT2D eigenvalue weighted by Crippen LogP contribution is -2.26. The van der Waals surface area contributed by atoms with Crippen molar-refractivity contribution in [1.82, 2.24) is 19.9 Å². The molecule has 196 valence electrons. The van der Waals surface area contributed by atoms with E-state index in [0.717, 1.165) is 57.5 Å². The fourth-order valence-electron chi connectivity index (χ4n) is 4.75. The Hall–Kier alpha value is -3.17. The van der Waals surface area contributed by atoms with Crippen LogP contribution in [0.25, 0.3) is 16.9 Å². The van der Waals surface area contributed by atoms with Gasteiger partial charge < -0.3 is 15.7 Å². The minimum absolute atomic E-state index is 0.0122. The van der Waals surface area contributed by atoms with Crippen LogP contribution in [0.4, 0.5) is 5.69 Å². The number of para-hydroxylation sites is 1. The summed E-state index contributed by atoms with van der Waals surface area (Å²) in [5.74, 6) is 3.30. The molecule has 2 aromatic heterocycles. The SMILES string of the molecule is Cc1cc(-c2cnc3c(NCC4CCSCC4)cc(Sc4ccccc4O)nn23)ccc1C(=O)NC1CC1. The number of amides is 1. The molecule has 9 heteroatoms. The van der Waals surface area contributed by atoms with E-state index < -0.39 is 0 Å². The van der Waals surface area contributed by atoms with Crippen molar-refractivity contribution in [2.75, 3.05) is 23.4 Å². The molecule has 0 bridgehead atoms. The van der Waals surface area contributed by atoms with E-state index in [1.165, 1.54) is 36.1 Å². The third-order valence-corrected chi connectivity index (χ3v) is 9.15. The fourth-order valence-corrected chi connectivity index (χ4v) is 6.80. The highest BCUT2D eigenvalue weighted by atomic mass is 32.2. The molecule has 1 saturated carbocycles. The molecule has 6 rings (SSSR count). The molecule has 0 atom stereocenters. The molecule has 2 aliphatic rings. The van der Waals surface area contributed by atoms with E-state index in [4.69, 9.17) is 10.1 Å². The zero-order valence-electron chi connectivity index (χ0n) is 21.3. The van der Waals surface area contributed by atoms with Gasteiger partial charge in [0.25, 0.3) is 5.91 Å². The number of nitrogens with zero attached hydrogens (tertiary/aromatic N) is 3. The van der Waals surface area contributed by atoms with E-state index >= 15 is 0 Å². The van der Waals surface area contributed by atoms with Crippen molar-refractivity contribution in [2.24, 2.45) is 5.92 Å². The zero-order valence-corrected chi connectivity index (χ0v) is 22.9. The lowest BCUT2D eigenvalue weighted by Gasteiger charge is -2.22. The number of benzene rings is 2. The Balaban J connectivity index is 1.35. The van der Waals surface area contributed by atoms with Gasteiger partial charge >= 0.3 is 0 Å². The van der Waals surface area contributed by atoms with Crippen molar-refractivity contribution >= 4 is 40.8 Å². The smallest absolute Gasteiger partial charge is 0.251 e.